The van der Waals surface area contributed by atoms with Crippen LogP contribution in [-0.4, -0.2) is 5.97 Å². The molecule has 0 fully saturated rings. The first-order valence-electron chi connectivity index (χ1n) is 3.75. The van der Waals surface area contributed by atoms with Crippen molar-refractivity contribution in [1.82, 2.24) is 0 Å². The highest BCUT2D eigenvalue weighted by molar-refractivity contribution is 5.73. The molecule has 0 amide bonds. The van der Waals surface area contributed by atoms with Gasteiger partial charge in [-0.15, -0.1) is 0 Å². The molecule has 0 unspecified atom stereocenters. The van der Waals surface area contributed by atoms with E-state index in [2.05, 4.69) is 13.8 Å². The Morgan fingerprint density at radius 1 is 1.55 bits per heavy atom. The third-order valence-electron chi connectivity index (χ3n) is 1.68. The number of carbonyl (C=O) groups is 1. The summed E-state index contributed by atoms with van der Waals surface area (Å²) in [6, 6.07) is 0. The van der Waals surface area contributed by atoms with Crippen LogP contribution in [0.5, 0.6) is 0 Å². The molecule has 0 saturated heterocycles. The van der Waals surface area contributed by atoms with E-state index in [4.69, 9.17) is 4.74 Å². The predicted octanol–water partition coefficient (Wildman–Crippen LogP) is 2.03. The molecule has 60 valence electrons. The van der Waals surface area contributed by atoms with Gasteiger partial charge in [0.25, 0.3) is 0 Å². The van der Waals surface area contributed by atoms with E-state index in [9.17, 15) is 4.79 Å². The SMILES string of the molecule is CC(C)C1=CC=COC(=O)C1. The van der Waals surface area contributed by atoms with E-state index in [1.165, 1.54) is 6.26 Å². The Hall–Kier alpha value is -1.05. The smallest absolute Gasteiger partial charge is 0.314 e. The summed E-state index contributed by atoms with van der Waals surface area (Å²) >= 11 is 0. The van der Waals surface area contributed by atoms with Gasteiger partial charge in [0.2, 0.25) is 0 Å². The maximum Gasteiger partial charge on any atom is 0.314 e. The van der Waals surface area contributed by atoms with Gasteiger partial charge < -0.3 is 4.74 Å². The molecule has 0 atom stereocenters. The Morgan fingerprint density at radius 3 is 2.91 bits per heavy atom. The molecular formula is C9H12O2. The minimum Gasteiger partial charge on any atom is -0.434 e. The number of carbonyl (C=O) groups excluding carboxylic acids is 1. The molecule has 0 N–H and O–H groups in total. The van der Waals surface area contributed by atoms with E-state index >= 15 is 0 Å². The molecule has 1 heterocycles. The first-order valence-corrected chi connectivity index (χ1v) is 3.75. The van der Waals surface area contributed by atoms with Crippen LogP contribution in [0.25, 0.3) is 0 Å². The maximum absolute atomic E-state index is 10.9. The molecule has 0 bridgehead atoms. The van der Waals surface area contributed by atoms with Crippen molar-refractivity contribution in [1.29, 1.82) is 0 Å². The predicted molar refractivity (Wildman–Crippen MR) is 42.8 cm³/mol. The minimum atomic E-state index is -0.168. The fraction of sp³-hybridized carbons (Fsp3) is 0.444. The quantitative estimate of drug-likeness (QED) is 0.537. The number of hydrogen-bond donors (Lipinski definition) is 0. The van der Waals surface area contributed by atoms with Gasteiger partial charge >= 0.3 is 5.97 Å². The summed E-state index contributed by atoms with van der Waals surface area (Å²) in [5.74, 6) is 0.254. The van der Waals surface area contributed by atoms with Gasteiger partial charge in [0.15, 0.2) is 0 Å². The van der Waals surface area contributed by atoms with E-state index in [1.807, 2.05) is 6.08 Å². The summed E-state index contributed by atoms with van der Waals surface area (Å²) in [7, 11) is 0. The molecule has 1 rings (SSSR count). The number of allylic oxidation sites excluding steroid dienone is 2. The zero-order valence-corrected chi connectivity index (χ0v) is 6.83. The molecule has 0 aliphatic carbocycles. The van der Waals surface area contributed by atoms with Crippen LogP contribution in [0.15, 0.2) is 24.0 Å². The van der Waals surface area contributed by atoms with E-state index in [0.29, 0.717) is 12.3 Å². The third kappa shape index (κ3) is 2.22. The largest absolute Gasteiger partial charge is 0.434 e. The van der Waals surface area contributed by atoms with Crippen molar-refractivity contribution in [2.75, 3.05) is 0 Å². The number of esters is 1. The molecule has 0 aromatic heterocycles. The van der Waals surface area contributed by atoms with E-state index in [1.54, 1.807) is 6.08 Å². The molecule has 1 aliphatic heterocycles. The molecule has 0 aromatic rings. The second kappa shape index (κ2) is 3.37. The standard InChI is InChI=1S/C9H12O2/c1-7(2)8-4-3-5-11-9(10)6-8/h3-5,7H,6H2,1-2H3. The summed E-state index contributed by atoms with van der Waals surface area (Å²) in [5, 5.41) is 0. The van der Waals surface area contributed by atoms with Gasteiger partial charge in [0, 0.05) is 0 Å². The molecule has 0 aromatic carbocycles. The van der Waals surface area contributed by atoms with Crippen LogP contribution < -0.4 is 0 Å². The van der Waals surface area contributed by atoms with Crippen LogP contribution >= 0.6 is 0 Å². The van der Waals surface area contributed by atoms with E-state index in [0.717, 1.165) is 5.57 Å². The van der Waals surface area contributed by atoms with Crippen LogP contribution in [-0.2, 0) is 9.53 Å². The summed E-state index contributed by atoms with van der Waals surface area (Å²) < 4.78 is 4.71. The van der Waals surface area contributed by atoms with Gasteiger partial charge in [-0.1, -0.05) is 25.5 Å². The minimum absolute atomic E-state index is 0.168. The Balaban J connectivity index is 2.72. The topological polar surface area (TPSA) is 26.3 Å². The number of rotatable bonds is 1. The summed E-state index contributed by atoms with van der Waals surface area (Å²) in [4.78, 5) is 10.9. The second-order valence-corrected chi connectivity index (χ2v) is 2.89. The Kier molecular flexibility index (Phi) is 2.47. The highest BCUT2D eigenvalue weighted by atomic mass is 16.5. The lowest BCUT2D eigenvalue weighted by molar-refractivity contribution is -0.137. The van der Waals surface area contributed by atoms with Crippen LogP contribution in [0.2, 0.25) is 0 Å². The third-order valence-corrected chi connectivity index (χ3v) is 1.68. The van der Waals surface area contributed by atoms with E-state index < -0.39 is 0 Å². The monoisotopic (exact) mass is 152 g/mol. The van der Waals surface area contributed by atoms with Gasteiger partial charge in [0.05, 0.1) is 12.7 Å². The maximum atomic E-state index is 10.9. The van der Waals surface area contributed by atoms with Crippen molar-refractivity contribution in [3.63, 3.8) is 0 Å². The molecule has 0 saturated carbocycles. The lowest BCUT2D eigenvalue weighted by Crippen LogP contribution is -2.03. The first kappa shape index (κ1) is 8.05. The van der Waals surface area contributed by atoms with Crippen molar-refractivity contribution in [2.45, 2.75) is 20.3 Å². The molecule has 2 nitrogen and oxygen atoms in total. The fourth-order valence-corrected chi connectivity index (χ4v) is 0.942. The van der Waals surface area contributed by atoms with Crippen molar-refractivity contribution in [3.05, 3.63) is 24.0 Å². The molecule has 0 radical (unpaired) electrons. The molecule has 0 spiro atoms. The number of hydrogen-bond acceptors (Lipinski definition) is 2. The molecular weight excluding hydrogens is 140 g/mol. The zero-order valence-electron chi connectivity index (χ0n) is 6.83. The van der Waals surface area contributed by atoms with Gasteiger partial charge in [-0.25, -0.2) is 0 Å². The second-order valence-electron chi connectivity index (χ2n) is 2.89. The van der Waals surface area contributed by atoms with Crippen LogP contribution in [0.4, 0.5) is 0 Å². The van der Waals surface area contributed by atoms with Crippen molar-refractivity contribution < 1.29 is 9.53 Å². The van der Waals surface area contributed by atoms with Crippen LogP contribution in [0, 0.1) is 5.92 Å². The van der Waals surface area contributed by atoms with Crippen LogP contribution in [0.3, 0.4) is 0 Å². The van der Waals surface area contributed by atoms with Gasteiger partial charge in [-0.2, -0.15) is 0 Å². The summed E-state index contributed by atoms with van der Waals surface area (Å²) in [5.41, 5.74) is 1.13. The Bertz CT molecular complexity index is 212. The summed E-state index contributed by atoms with van der Waals surface area (Å²) in [6.07, 6.45) is 5.55. The van der Waals surface area contributed by atoms with Gasteiger partial charge in [-0.3, -0.25) is 4.79 Å². The average Bonchev–Trinajstić information content (AvgIpc) is 2.13. The lowest BCUT2D eigenvalue weighted by Gasteiger charge is -2.06. The fourth-order valence-electron chi connectivity index (χ4n) is 0.942. The zero-order chi connectivity index (χ0) is 8.27. The Labute approximate surface area is 66.5 Å². The average molecular weight is 152 g/mol. The highest BCUT2D eigenvalue weighted by Crippen LogP contribution is 2.16. The van der Waals surface area contributed by atoms with Crippen molar-refractivity contribution >= 4 is 5.97 Å². The van der Waals surface area contributed by atoms with E-state index in [-0.39, 0.29) is 5.97 Å². The number of ether oxygens (including phenoxy) is 1. The van der Waals surface area contributed by atoms with Gasteiger partial charge in [-0.05, 0) is 12.0 Å². The first-order chi connectivity index (χ1) is 5.20. The van der Waals surface area contributed by atoms with Gasteiger partial charge in [0.1, 0.15) is 0 Å². The van der Waals surface area contributed by atoms with Crippen LogP contribution in [0.1, 0.15) is 20.3 Å². The van der Waals surface area contributed by atoms with Crippen molar-refractivity contribution in [3.8, 4) is 0 Å². The lowest BCUT2D eigenvalue weighted by atomic mass is 10.0. The molecule has 11 heavy (non-hydrogen) atoms. The molecule has 2 heteroatoms. The number of cyclic esters (lactones) is 1. The molecule has 1 aliphatic rings. The van der Waals surface area contributed by atoms with Crippen molar-refractivity contribution in [2.24, 2.45) is 5.92 Å². The summed E-state index contributed by atoms with van der Waals surface area (Å²) in [6.45, 7) is 4.14. The normalized spacial score (nSPS) is 17.7. The highest BCUT2D eigenvalue weighted by Gasteiger charge is 2.10. The Morgan fingerprint density at radius 2 is 2.27 bits per heavy atom.